The van der Waals surface area contributed by atoms with Crippen LogP contribution in [0.4, 0.5) is 0 Å². The molecule has 0 bridgehead atoms. The van der Waals surface area contributed by atoms with E-state index in [-0.39, 0.29) is 37.7 Å². The molecule has 2 aliphatic carbocycles. The van der Waals surface area contributed by atoms with Crippen LogP contribution < -0.4 is 0 Å². The van der Waals surface area contributed by atoms with Gasteiger partial charge in [0.1, 0.15) is 0 Å². The molecule has 5 nitrogen and oxygen atoms in total. The number of carbonyl (C=O) groups is 2. The second-order valence-corrected chi connectivity index (χ2v) is 9.74. The van der Waals surface area contributed by atoms with Gasteiger partial charge in [0.15, 0.2) is 0 Å². The van der Waals surface area contributed by atoms with Crippen LogP contribution in [0.15, 0.2) is 0 Å². The maximum Gasteiger partial charge on any atom is 0.305 e. The van der Waals surface area contributed by atoms with Gasteiger partial charge in [0.2, 0.25) is 0 Å². The first-order chi connectivity index (χ1) is 14.0. The first-order valence-corrected chi connectivity index (χ1v) is 11.9. The third-order valence-corrected chi connectivity index (χ3v) is 7.00. The van der Waals surface area contributed by atoms with Crippen molar-refractivity contribution in [2.75, 3.05) is 19.8 Å². The van der Waals surface area contributed by atoms with Crippen molar-refractivity contribution in [3.8, 4) is 0 Å². The van der Waals surface area contributed by atoms with Gasteiger partial charge in [-0.2, -0.15) is 0 Å². The molecule has 0 aromatic carbocycles. The predicted molar refractivity (Wildman–Crippen MR) is 113 cm³/mol. The molecule has 5 heteroatoms. The molecule has 2 saturated carbocycles. The zero-order valence-corrected chi connectivity index (χ0v) is 18.6. The average molecular weight is 411 g/mol. The molecule has 0 saturated heterocycles. The Morgan fingerprint density at radius 3 is 1.48 bits per heavy atom. The number of aliphatic hydroxyl groups excluding tert-OH is 1. The molecule has 2 rings (SSSR count). The lowest BCUT2D eigenvalue weighted by molar-refractivity contribution is -0.150. The third-order valence-electron chi connectivity index (χ3n) is 7.00. The van der Waals surface area contributed by atoms with Crippen molar-refractivity contribution in [1.29, 1.82) is 0 Å². The van der Waals surface area contributed by atoms with E-state index in [1.165, 1.54) is 51.4 Å². The van der Waals surface area contributed by atoms with Crippen molar-refractivity contribution in [2.45, 2.75) is 90.9 Å². The van der Waals surface area contributed by atoms with Gasteiger partial charge in [0.25, 0.3) is 0 Å². The Hall–Kier alpha value is -1.10. The van der Waals surface area contributed by atoms with Crippen LogP contribution >= 0.6 is 0 Å². The molecule has 0 spiro atoms. The van der Waals surface area contributed by atoms with Crippen LogP contribution in [-0.2, 0) is 19.1 Å². The first-order valence-electron chi connectivity index (χ1n) is 11.9. The van der Waals surface area contributed by atoms with Gasteiger partial charge >= 0.3 is 11.9 Å². The van der Waals surface area contributed by atoms with E-state index in [0.29, 0.717) is 24.7 Å². The van der Waals surface area contributed by atoms with Crippen molar-refractivity contribution in [3.63, 3.8) is 0 Å². The molecule has 0 atom stereocenters. The summed E-state index contributed by atoms with van der Waals surface area (Å²) in [7, 11) is 0. The van der Waals surface area contributed by atoms with Crippen LogP contribution in [0.25, 0.3) is 0 Å². The van der Waals surface area contributed by atoms with Crippen LogP contribution in [0.5, 0.6) is 0 Å². The van der Waals surface area contributed by atoms with Crippen molar-refractivity contribution < 1.29 is 24.2 Å². The second kappa shape index (κ2) is 13.3. The molecule has 0 radical (unpaired) electrons. The SMILES string of the molecule is CC1CCC(CCC(=O)OCC(CO)COC(=O)CCC2CCC(C)CC2)CC1. The lowest BCUT2D eigenvalue weighted by Crippen LogP contribution is -2.24. The fourth-order valence-electron chi connectivity index (χ4n) is 4.60. The van der Waals surface area contributed by atoms with E-state index in [0.717, 1.165) is 24.7 Å². The molecule has 1 N–H and O–H groups in total. The van der Waals surface area contributed by atoms with Gasteiger partial charge in [-0.05, 0) is 36.5 Å². The number of carbonyl (C=O) groups excluding carboxylic acids is 2. The average Bonchev–Trinajstić information content (AvgIpc) is 2.73. The minimum atomic E-state index is -0.339. The van der Waals surface area contributed by atoms with E-state index in [1.54, 1.807) is 0 Å². The van der Waals surface area contributed by atoms with E-state index in [2.05, 4.69) is 13.8 Å². The third kappa shape index (κ3) is 9.97. The van der Waals surface area contributed by atoms with Gasteiger partial charge in [0, 0.05) is 12.8 Å². The van der Waals surface area contributed by atoms with E-state index >= 15 is 0 Å². The van der Waals surface area contributed by atoms with Crippen LogP contribution in [-0.4, -0.2) is 36.9 Å². The topological polar surface area (TPSA) is 72.8 Å². The van der Waals surface area contributed by atoms with E-state index in [9.17, 15) is 14.7 Å². The van der Waals surface area contributed by atoms with Crippen molar-refractivity contribution in [1.82, 2.24) is 0 Å². The summed E-state index contributed by atoms with van der Waals surface area (Å²) in [5.74, 6) is 2.16. The fourth-order valence-corrected chi connectivity index (χ4v) is 4.60. The Morgan fingerprint density at radius 1 is 0.759 bits per heavy atom. The number of hydrogen-bond donors (Lipinski definition) is 1. The summed E-state index contributed by atoms with van der Waals surface area (Å²) in [6, 6.07) is 0. The number of aliphatic hydroxyl groups is 1. The molecular formula is C24H42O5. The molecule has 0 heterocycles. The minimum Gasteiger partial charge on any atom is -0.465 e. The highest BCUT2D eigenvalue weighted by Crippen LogP contribution is 2.32. The fraction of sp³-hybridized carbons (Fsp3) is 0.917. The summed E-state index contributed by atoms with van der Waals surface area (Å²) in [5.41, 5.74) is 0. The summed E-state index contributed by atoms with van der Waals surface area (Å²) in [4.78, 5) is 24.0. The van der Waals surface area contributed by atoms with Gasteiger partial charge in [-0.15, -0.1) is 0 Å². The zero-order chi connectivity index (χ0) is 21.1. The molecule has 0 aliphatic heterocycles. The smallest absolute Gasteiger partial charge is 0.305 e. The van der Waals surface area contributed by atoms with E-state index < -0.39 is 0 Å². The molecule has 2 aliphatic rings. The monoisotopic (exact) mass is 410 g/mol. The van der Waals surface area contributed by atoms with Gasteiger partial charge < -0.3 is 14.6 Å². The molecule has 168 valence electrons. The van der Waals surface area contributed by atoms with Crippen molar-refractivity contribution >= 4 is 11.9 Å². The normalized spacial score (nSPS) is 28.5. The predicted octanol–water partition coefficient (Wildman–Crippen LogP) is 4.89. The highest BCUT2D eigenvalue weighted by Gasteiger charge is 2.21. The van der Waals surface area contributed by atoms with E-state index in [1.807, 2.05) is 0 Å². The maximum absolute atomic E-state index is 12.0. The van der Waals surface area contributed by atoms with E-state index in [4.69, 9.17) is 9.47 Å². The summed E-state index contributed by atoms with van der Waals surface area (Å²) < 4.78 is 10.6. The van der Waals surface area contributed by atoms with Crippen LogP contribution in [0.2, 0.25) is 0 Å². The van der Waals surface area contributed by atoms with Crippen LogP contribution in [0, 0.1) is 29.6 Å². The largest absolute Gasteiger partial charge is 0.465 e. The Morgan fingerprint density at radius 2 is 1.14 bits per heavy atom. The summed E-state index contributed by atoms with van der Waals surface area (Å²) in [6.07, 6.45) is 12.6. The standard InChI is InChI=1S/C24H42O5/c1-18-3-7-20(8-4-18)11-13-23(26)28-16-22(15-25)17-29-24(27)14-12-21-9-5-19(2)6-10-21/h18-22,25H,3-17H2,1-2H3. The molecular weight excluding hydrogens is 368 g/mol. The lowest BCUT2D eigenvalue weighted by atomic mass is 9.81. The van der Waals surface area contributed by atoms with Crippen LogP contribution in [0.1, 0.15) is 90.9 Å². The summed E-state index contributed by atoms with van der Waals surface area (Å²) >= 11 is 0. The molecule has 0 aromatic rings. The van der Waals surface area contributed by atoms with Crippen molar-refractivity contribution in [3.05, 3.63) is 0 Å². The lowest BCUT2D eigenvalue weighted by Gasteiger charge is -2.26. The van der Waals surface area contributed by atoms with Gasteiger partial charge in [-0.25, -0.2) is 0 Å². The zero-order valence-electron chi connectivity index (χ0n) is 18.6. The van der Waals surface area contributed by atoms with Gasteiger partial charge in [-0.3, -0.25) is 9.59 Å². The summed E-state index contributed by atoms with van der Waals surface area (Å²) in [6.45, 7) is 4.67. The van der Waals surface area contributed by atoms with Crippen LogP contribution in [0.3, 0.4) is 0 Å². The van der Waals surface area contributed by atoms with Gasteiger partial charge in [0.05, 0.1) is 25.7 Å². The van der Waals surface area contributed by atoms with Gasteiger partial charge in [-0.1, -0.05) is 65.2 Å². The first kappa shape index (κ1) is 24.2. The number of rotatable bonds is 11. The quantitative estimate of drug-likeness (QED) is 0.491. The summed E-state index contributed by atoms with van der Waals surface area (Å²) in [5, 5.41) is 9.49. The Bertz CT molecular complexity index is 434. The minimum absolute atomic E-state index is 0.116. The van der Waals surface area contributed by atoms with Crippen molar-refractivity contribution in [2.24, 2.45) is 29.6 Å². The highest BCUT2D eigenvalue weighted by atomic mass is 16.5. The molecule has 0 unspecified atom stereocenters. The maximum atomic E-state index is 12.0. The number of ether oxygens (including phenoxy) is 2. The highest BCUT2D eigenvalue weighted by molar-refractivity contribution is 5.69. The molecule has 0 aromatic heterocycles. The molecule has 0 amide bonds. The molecule has 2 fully saturated rings. The number of hydrogen-bond acceptors (Lipinski definition) is 5. The Kier molecular flexibility index (Phi) is 11.0. The second-order valence-electron chi connectivity index (χ2n) is 9.74. The molecule has 29 heavy (non-hydrogen) atoms. The Balaban J connectivity index is 1.53. The Labute approximate surface area is 176 Å². The number of esters is 2.